The normalized spacial score (nSPS) is 11.3. The van der Waals surface area contributed by atoms with Gasteiger partial charge in [-0.15, -0.1) is 0 Å². The average molecular weight is 501 g/mol. The molecule has 0 saturated carbocycles. The van der Waals surface area contributed by atoms with Crippen LogP contribution in [0.3, 0.4) is 0 Å². The van der Waals surface area contributed by atoms with Crippen LogP contribution in [0.25, 0.3) is 10.9 Å². The molecule has 0 aliphatic rings. The predicted molar refractivity (Wildman–Crippen MR) is 135 cm³/mol. The van der Waals surface area contributed by atoms with Crippen molar-refractivity contribution >= 4 is 46.0 Å². The lowest BCUT2D eigenvalue weighted by Gasteiger charge is -2.18. The first-order valence-electron chi connectivity index (χ1n) is 11.0. The van der Waals surface area contributed by atoms with E-state index in [0.29, 0.717) is 16.3 Å². The molecule has 0 spiro atoms. The molecule has 4 rings (SSSR count). The highest BCUT2D eigenvalue weighted by molar-refractivity contribution is 6.30. The monoisotopic (exact) mass is 500 g/mol. The van der Waals surface area contributed by atoms with Crippen molar-refractivity contribution in [3.05, 3.63) is 101 Å². The molecule has 3 N–H and O–H groups in total. The van der Waals surface area contributed by atoms with Gasteiger partial charge in [-0.1, -0.05) is 41.9 Å². The number of aromatic nitrogens is 1. The smallest absolute Gasteiger partial charge is 0.329 e. The van der Waals surface area contributed by atoms with Crippen molar-refractivity contribution < 1.29 is 19.1 Å². The number of benzene rings is 3. The van der Waals surface area contributed by atoms with Gasteiger partial charge in [-0.2, -0.15) is 5.26 Å². The van der Waals surface area contributed by atoms with E-state index in [-0.39, 0.29) is 12.0 Å². The Labute approximate surface area is 211 Å². The largest absolute Gasteiger partial charge is 0.454 e. The number of halogens is 1. The summed E-state index contributed by atoms with van der Waals surface area (Å²) < 4.78 is 5.25. The van der Waals surface area contributed by atoms with Crippen LogP contribution < -0.4 is 10.6 Å². The maximum absolute atomic E-state index is 13.0. The first-order valence-corrected chi connectivity index (χ1v) is 11.4. The molecular formula is C27H21ClN4O4. The van der Waals surface area contributed by atoms with E-state index in [2.05, 4.69) is 15.6 Å². The molecule has 0 aliphatic heterocycles. The van der Waals surface area contributed by atoms with Gasteiger partial charge < -0.3 is 20.4 Å². The van der Waals surface area contributed by atoms with Gasteiger partial charge in [0.15, 0.2) is 6.61 Å². The van der Waals surface area contributed by atoms with Crippen LogP contribution in [0, 0.1) is 11.3 Å². The van der Waals surface area contributed by atoms with E-state index in [9.17, 15) is 19.6 Å². The first-order chi connectivity index (χ1) is 17.4. The van der Waals surface area contributed by atoms with Crippen molar-refractivity contribution in [1.29, 1.82) is 5.26 Å². The fourth-order valence-corrected chi connectivity index (χ4v) is 3.80. The van der Waals surface area contributed by atoms with E-state index in [1.54, 1.807) is 54.7 Å². The summed E-state index contributed by atoms with van der Waals surface area (Å²) >= 11 is 5.91. The van der Waals surface area contributed by atoms with Crippen molar-refractivity contribution in [3.63, 3.8) is 0 Å². The second kappa shape index (κ2) is 11.2. The number of anilines is 1. The molecule has 1 aromatic heterocycles. The molecule has 0 unspecified atom stereocenters. The zero-order valence-electron chi connectivity index (χ0n) is 19.0. The van der Waals surface area contributed by atoms with Crippen LogP contribution in [0.15, 0.2) is 79.0 Å². The lowest BCUT2D eigenvalue weighted by molar-refractivity contribution is -0.149. The first kappa shape index (κ1) is 24.5. The van der Waals surface area contributed by atoms with Crippen LogP contribution in [0.4, 0.5) is 5.69 Å². The summed E-state index contributed by atoms with van der Waals surface area (Å²) in [4.78, 5) is 41.4. The molecule has 1 atom stereocenters. The Morgan fingerprint density at radius 2 is 1.72 bits per heavy atom. The number of aromatic amines is 1. The lowest BCUT2D eigenvalue weighted by atomic mass is 10.0. The summed E-state index contributed by atoms with van der Waals surface area (Å²) in [6, 6.07) is 21.2. The van der Waals surface area contributed by atoms with E-state index in [1.165, 1.54) is 0 Å². The molecule has 0 saturated heterocycles. The SMILES string of the molecule is N#Cc1ccccc1NC(=O)COC(=O)[C@@H](Cc1c[nH]c2ccccc12)NC(=O)c1ccc(Cl)cc1. The van der Waals surface area contributed by atoms with E-state index < -0.39 is 30.4 Å². The topological polar surface area (TPSA) is 124 Å². The number of amides is 2. The van der Waals surface area contributed by atoms with Gasteiger partial charge in [0.2, 0.25) is 0 Å². The fourth-order valence-electron chi connectivity index (χ4n) is 3.67. The third-order valence-electron chi connectivity index (χ3n) is 5.46. The highest BCUT2D eigenvalue weighted by Crippen LogP contribution is 2.20. The van der Waals surface area contributed by atoms with Crippen molar-refractivity contribution in [3.8, 4) is 6.07 Å². The predicted octanol–water partition coefficient (Wildman–Crippen LogP) is 4.22. The maximum atomic E-state index is 13.0. The summed E-state index contributed by atoms with van der Waals surface area (Å²) in [5.74, 6) is -1.87. The second-order valence-electron chi connectivity index (χ2n) is 7.91. The number of carbonyl (C=O) groups is 3. The number of esters is 1. The Morgan fingerprint density at radius 1 is 1.00 bits per heavy atom. The maximum Gasteiger partial charge on any atom is 0.329 e. The minimum atomic E-state index is -1.06. The van der Waals surface area contributed by atoms with Crippen LogP contribution >= 0.6 is 11.6 Å². The van der Waals surface area contributed by atoms with Crippen LogP contribution in [0.1, 0.15) is 21.5 Å². The quantitative estimate of drug-likeness (QED) is 0.312. The molecule has 1 heterocycles. The number of nitrogens with one attached hydrogen (secondary N) is 3. The molecule has 2 amide bonds. The average Bonchev–Trinajstić information content (AvgIpc) is 3.30. The van der Waals surface area contributed by atoms with E-state index >= 15 is 0 Å². The van der Waals surface area contributed by atoms with Gasteiger partial charge >= 0.3 is 5.97 Å². The van der Waals surface area contributed by atoms with Gasteiger partial charge in [0, 0.05) is 34.1 Å². The van der Waals surface area contributed by atoms with E-state index in [1.807, 2.05) is 30.3 Å². The summed E-state index contributed by atoms with van der Waals surface area (Å²) in [6.07, 6.45) is 1.91. The highest BCUT2D eigenvalue weighted by atomic mass is 35.5. The van der Waals surface area contributed by atoms with Crippen LogP contribution in [0.2, 0.25) is 5.02 Å². The van der Waals surface area contributed by atoms with Crippen LogP contribution in [-0.4, -0.2) is 35.4 Å². The number of nitriles is 1. The number of rotatable bonds is 8. The fraction of sp³-hybridized carbons (Fsp3) is 0.111. The van der Waals surface area contributed by atoms with Crippen molar-refractivity contribution in [2.45, 2.75) is 12.5 Å². The van der Waals surface area contributed by atoms with Gasteiger partial charge in [-0.25, -0.2) is 4.79 Å². The summed E-state index contributed by atoms with van der Waals surface area (Å²) in [7, 11) is 0. The zero-order chi connectivity index (χ0) is 25.5. The molecular weight excluding hydrogens is 480 g/mol. The lowest BCUT2D eigenvalue weighted by Crippen LogP contribution is -2.44. The molecule has 180 valence electrons. The summed E-state index contributed by atoms with van der Waals surface area (Å²) in [5, 5.41) is 15.8. The van der Waals surface area contributed by atoms with Gasteiger partial charge in [-0.05, 0) is 48.0 Å². The van der Waals surface area contributed by atoms with Crippen LogP contribution in [0.5, 0.6) is 0 Å². The number of fused-ring (bicyclic) bond motifs is 1. The van der Waals surface area contributed by atoms with Gasteiger partial charge in [-0.3, -0.25) is 9.59 Å². The highest BCUT2D eigenvalue weighted by Gasteiger charge is 2.25. The Kier molecular flexibility index (Phi) is 7.63. The third kappa shape index (κ3) is 5.90. The summed E-state index contributed by atoms with van der Waals surface area (Å²) in [5.41, 5.74) is 2.61. The number of para-hydroxylation sites is 2. The minimum absolute atomic E-state index is 0.140. The van der Waals surface area contributed by atoms with E-state index in [0.717, 1.165) is 16.5 Å². The molecule has 9 heteroatoms. The minimum Gasteiger partial charge on any atom is -0.454 e. The number of hydrogen-bond acceptors (Lipinski definition) is 5. The molecule has 4 aromatic rings. The second-order valence-corrected chi connectivity index (χ2v) is 8.35. The van der Waals surface area contributed by atoms with Gasteiger partial charge in [0.05, 0.1) is 11.3 Å². The Balaban J connectivity index is 1.48. The molecule has 3 aromatic carbocycles. The van der Waals surface area contributed by atoms with E-state index in [4.69, 9.17) is 16.3 Å². The number of nitrogens with zero attached hydrogens (tertiary/aromatic N) is 1. The van der Waals surface area contributed by atoms with Crippen LogP contribution in [-0.2, 0) is 20.7 Å². The Morgan fingerprint density at radius 3 is 2.50 bits per heavy atom. The molecule has 0 fully saturated rings. The summed E-state index contributed by atoms with van der Waals surface area (Å²) in [6.45, 7) is -0.584. The number of carbonyl (C=O) groups excluding carboxylic acids is 3. The standard InChI is InChI=1S/C27H21ClN4O4/c28-20-11-9-17(10-12-20)26(34)32-24(13-19-15-30-23-8-4-2-6-21(19)23)27(35)36-16-25(33)31-22-7-3-1-5-18(22)14-29/h1-12,15,24,30H,13,16H2,(H,31,33)(H,32,34)/t24-/m1/s1. The molecule has 36 heavy (non-hydrogen) atoms. The molecule has 0 aliphatic carbocycles. The number of H-pyrrole nitrogens is 1. The molecule has 0 bridgehead atoms. The third-order valence-corrected chi connectivity index (χ3v) is 5.71. The molecule has 0 radical (unpaired) electrons. The Bertz CT molecular complexity index is 1460. The van der Waals surface area contributed by atoms with Crippen molar-refractivity contribution in [2.75, 3.05) is 11.9 Å². The molecule has 8 nitrogen and oxygen atoms in total. The Hall–Kier alpha value is -4.61. The number of hydrogen-bond donors (Lipinski definition) is 3. The van der Waals surface area contributed by atoms with Crippen molar-refractivity contribution in [2.24, 2.45) is 0 Å². The van der Waals surface area contributed by atoms with Crippen molar-refractivity contribution in [1.82, 2.24) is 10.3 Å². The van der Waals surface area contributed by atoms with Gasteiger partial charge in [0.1, 0.15) is 12.1 Å². The number of ether oxygens (including phenoxy) is 1. The zero-order valence-corrected chi connectivity index (χ0v) is 19.7. The van der Waals surface area contributed by atoms with Gasteiger partial charge in [0.25, 0.3) is 11.8 Å².